The lowest BCUT2D eigenvalue weighted by molar-refractivity contribution is -0.114. The third-order valence-corrected chi connectivity index (χ3v) is 3.29. The maximum absolute atomic E-state index is 13.9. The summed E-state index contributed by atoms with van der Waals surface area (Å²) in [6.07, 6.45) is 0. The number of ketones is 1. The van der Waals surface area contributed by atoms with Gasteiger partial charge in [-0.3, -0.25) is 14.5 Å². The lowest BCUT2D eigenvalue weighted by atomic mass is 10.1. The summed E-state index contributed by atoms with van der Waals surface area (Å²) in [4.78, 5) is 28.7. The first-order valence-corrected chi connectivity index (χ1v) is 6.32. The fourth-order valence-electron chi connectivity index (χ4n) is 2.20. The van der Waals surface area contributed by atoms with Crippen LogP contribution in [0, 0.1) is 11.6 Å². The fraction of sp³-hybridized carbons (Fsp3) is 0.0714. The highest BCUT2D eigenvalue weighted by atomic mass is 35.5. The smallest absolute Gasteiger partial charge is 0.296 e. The number of hydrogen-bond acceptors (Lipinski definition) is 3. The number of carbonyl (C=O) groups is 2. The molecule has 0 unspecified atom stereocenters. The van der Waals surface area contributed by atoms with E-state index in [0.717, 1.165) is 11.0 Å². The molecule has 106 valence electrons. The molecular formula is C14H7ClF2N2O2. The number of fused-ring (bicyclic) bond motifs is 1. The number of carbonyl (C=O) groups excluding carboxylic acids is 2. The van der Waals surface area contributed by atoms with Crippen molar-refractivity contribution in [1.29, 1.82) is 0 Å². The van der Waals surface area contributed by atoms with E-state index in [-0.39, 0.29) is 22.9 Å². The largest absolute Gasteiger partial charge is 0.299 e. The Kier molecular flexibility index (Phi) is 3.17. The molecule has 0 atom stereocenters. The third-order valence-electron chi connectivity index (χ3n) is 3.08. The molecule has 0 fully saturated rings. The first-order valence-electron chi connectivity index (χ1n) is 5.94. The van der Waals surface area contributed by atoms with Crippen LogP contribution in [0.25, 0.3) is 0 Å². The number of anilines is 1. The molecule has 0 radical (unpaired) electrons. The van der Waals surface area contributed by atoms with Crippen molar-refractivity contribution in [3.8, 4) is 0 Å². The number of hydrogen-bond donors (Lipinski definition) is 0. The second kappa shape index (κ2) is 4.89. The average Bonchev–Trinajstić information content (AvgIpc) is 2.64. The third kappa shape index (κ3) is 2.27. The quantitative estimate of drug-likeness (QED) is 0.633. The van der Waals surface area contributed by atoms with E-state index < -0.39 is 23.3 Å². The zero-order chi connectivity index (χ0) is 15.1. The highest BCUT2D eigenvalue weighted by Gasteiger charge is 2.38. The molecule has 0 aliphatic carbocycles. The zero-order valence-corrected chi connectivity index (χ0v) is 11.2. The van der Waals surface area contributed by atoms with Gasteiger partial charge < -0.3 is 0 Å². The number of Topliss-reactive ketones (excluding diaryl/α,β-unsaturated/α-hetero) is 1. The van der Waals surface area contributed by atoms with Gasteiger partial charge in [0, 0.05) is 6.07 Å². The summed E-state index contributed by atoms with van der Waals surface area (Å²) in [6, 6.07) is 6.23. The second-order valence-corrected chi connectivity index (χ2v) is 4.84. The van der Waals surface area contributed by atoms with Gasteiger partial charge in [0.1, 0.15) is 11.0 Å². The van der Waals surface area contributed by atoms with E-state index in [0.29, 0.717) is 11.8 Å². The van der Waals surface area contributed by atoms with Gasteiger partial charge in [-0.1, -0.05) is 17.7 Å². The van der Waals surface area contributed by atoms with Gasteiger partial charge in [-0.15, -0.1) is 0 Å². The van der Waals surface area contributed by atoms with Gasteiger partial charge in [-0.05, 0) is 18.2 Å². The van der Waals surface area contributed by atoms with Crippen molar-refractivity contribution in [2.24, 2.45) is 0 Å². The first kappa shape index (κ1) is 13.6. The van der Waals surface area contributed by atoms with Gasteiger partial charge in [0.15, 0.2) is 5.82 Å². The Balaban J connectivity index is 2.05. The molecule has 0 bridgehead atoms. The summed E-state index contributed by atoms with van der Waals surface area (Å²) in [5.74, 6) is -3.73. The number of aromatic nitrogens is 1. The molecule has 21 heavy (non-hydrogen) atoms. The number of benzene rings is 1. The molecule has 0 saturated heterocycles. The number of nitrogens with zero attached hydrogens (tertiary/aromatic N) is 2. The Bertz CT molecular complexity index is 780. The van der Waals surface area contributed by atoms with Crippen LogP contribution in [0.4, 0.5) is 14.5 Å². The van der Waals surface area contributed by atoms with Gasteiger partial charge >= 0.3 is 0 Å². The molecule has 0 N–H and O–H groups in total. The van der Waals surface area contributed by atoms with Crippen molar-refractivity contribution < 1.29 is 18.4 Å². The van der Waals surface area contributed by atoms with Crippen molar-refractivity contribution in [2.45, 2.75) is 6.54 Å². The van der Waals surface area contributed by atoms with Crippen LogP contribution in [0.2, 0.25) is 5.15 Å². The summed E-state index contributed by atoms with van der Waals surface area (Å²) >= 11 is 5.74. The molecule has 0 saturated carbocycles. The van der Waals surface area contributed by atoms with E-state index in [1.165, 1.54) is 0 Å². The van der Waals surface area contributed by atoms with Crippen LogP contribution < -0.4 is 4.90 Å². The Morgan fingerprint density at radius 1 is 1.19 bits per heavy atom. The molecule has 1 aliphatic rings. The Labute approximate surface area is 123 Å². The van der Waals surface area contributed by atoms with Crippen molar-refractivity contribution in [1.82, 2.24) is 4.98 Å². The fourth-order valence-corrected chi connectivity index (χ4v) is 2.39. The molecule has 4 nitrogen and oxygen atoms in total. The number of halogens is 3. The van der Waals surface area contributed by atoms with E-state index in [2.05, 4.69) is 4.98 Å². The van der Waals surface area contributed by atoms with Crippen LogP contribution in [0.5, 0.6) is 0 Å². The topological polar surface area (TPSA) is 50.3 Å². The molecule has 7 heteroatoms. The lowest BCUT2D eigenvalue weighted by Gasteiger charge is -2.16. The summed E-state index contributed by atoms with van der Waals surface area (Å²) in [7, 11) is 0. The number of rotatable bonds is 2. The molecule has 1 aliphatic heterocycles. The van der Waals surface area contributed by atoms with Crippen LogP contribution in [-0.4, -0.2) is 16.7 Å². The molecule has 2 heterocycles. The number of amides is 1. The minimum Gasteiger partial charge on any atom is -0.296 e. The van der Waals surface area contributed by atoms with E-state index >= 15 is 0 Å². The van der Waals surface area contributed by atoms with Crippen LogP contribution in [0.3, 0.4) is 0 Å². The van der Waals surface area contributed by atoms with Gasteiger partial charge in [-0.2, -0.15) is 0 Å². The van der Waals surface area contributed by atoms with E-state index in [9.17, 15) is 18.4 Å². The van der Waals surface area contributed by atoms with Crippen molar-refractivity contribution in [2.75, 3.05) is 4.90 Å². The Morgan fingerprint density at radius 3 is 2.67 bits per heavy atom. The summed E-state index contributed by atoms with van der Waals surface area (Å²) in [6.45, 7) is -0.124. The Morgan fingerprint density at radius 2 is 1.95 bits per heavy atom. The monoisotopic (exact) mass is 308 g/mol. The minimum absolute atomic E-state index is 0.124. The van der Waals surface area contributed by atoms with Gasteiger partial charge in [-0.25, -0.2) is 13.8 Å². The number of pyridine rings is 1. The maximum Gasteiger partial charge on any atom is 0.299 e. The highest BCUT2D eigenvalue weighted by molar-refractivity contribution is 6.52. The average molecular weight is 309 g/mol. The highest BCUT2D eigenvalue weighted by Crippen LogP contribution is 2.33. The summed E-state index contributed by atoms with van der Waals surface area (Å²) < 4.78 is 27.1. The zero-order valence-electron chi connectivity index (χ0n) is 10.4. The second-order valence-electron chi connectivity index (χ2n) is 4.46. The molecule has 1 amide bonds. The maximum atomic E-state index is 13.9. The van der Waals surface area contributed by atoms with E-state index in [4.69, 9.17) is 11.6 Å². The Hall–Kier alpha value is -2.34. The van der Waals surface area contributed by atoms with Crippen molar-refractivity contribution >= 4 is 29.0 Å². The minimum atomic E-state index is -0.966. The normalized spacial score (nSPS) is 13.8. The van der Waals surface area contributed by atoms with Crippen LogP contribution in [0.15, 0.2) is 30.3 Å². The van der Waals surface area contributed by atoms with Gasteiger partial charge in [0.25, 0.3) is 11.7 Å². The molecule has 1 aromatic heterocycles. The van der Waals surface area contributed by atoms with Crippen LogP contribution >= 0.6 is 11.6 Å². The summed E-state index contributed by atoms with van der Waals surface area (Å²) in [5, 5.41) is 0.213. The molecule has 1 aromatic carbocycles. The molecular weight excluding hydrogens is 302 g/mol. The van der Waals surface area contributed by atoms with Crippen LogP contribution in [-0.2, 0) is 11.3 Å². The van der Waals surface area contributed by atoms with Gasteiger partial charge in [0.2, 0.25) is 0 Å². The van der Waals surface area contributed by atoms with Crippen LogP contribution in [0.1, 0.15) is 16.1 Å². The SMILES string of the molecule is O=C1C(=O)N(Cc2cccc(Cl)n2)c2c(F)cc(F)cc21. The van der Waals surface area contributed by atoms with E-state index in [1.807, 2.05) is 0 Å². The first-order chi connectivity index (χ1) is 9.97. The predicted octanol–water partition coefficient (Wildman–Crippen LogP) is 2.74. The lowest BCUT2D eigenvalue weighted by Crippen LogP contribution is -2.30. The summed E-state index contributed by atoms with van der Waals surface area (Å²) in [5.41, 5.74) is -0.118. The van der Waals surface area contributed by atoms with Crippen molar-refractivity contribution in [3.63, 3.8) is 0 Å². The van der Waals surface area contributed by atoms with E-state index in [1.54, 1.807) is 18.2 Å². The predicted molar refractivity (Wildman–Crippen MR) is 71.1 cm³/mol. The molecule has 2 aromatic rings. The standard InChI is InChI=1S/C14H7ClF2N2O2/c15-11-3-1-2-8(18-11)6-19-12-9(13(20)14(19)21)4-7(16)5-10(12)17/h1-5H,6H2. The van der Waals surface area contributed by atoms with Gasteiger partial charge in [0.05, 0.1) is 23.5 Å². The molecule has 3 rings (SSSR count). The van der Waals surface area contributed by atoms with Crippen molar-refractivity contribution in [3.05, 3.63) is 58.4 Å². The molecule has 0 spiro atoms.